The summed E-state index contributed by atoms with van der Waals surface area (Å²) in [6.45, 7) is 0. The van der Waals surface area contributed by atoms with Crippen molar-refractivity contribution in [2.45, 2.75) is 12.8 Å². The Hall–Kier alpha value is -6.25. The molecule has 0 spiro atoms. The van der Waals surface area contributed by atoms with Crippen molar-refractivity contribution in [3.8, 4) is 33.4 Å². The Kier molecular flexibility index (Phi) is 5.53. The molecule has 0 amide bonds. The summed E-state index contributed by atoms with van der Waals surface area (Å²) in [7, 11) is 0. The van der Waals surface area contributed by atoms with Crippen molar-refractivity contribution < 1.29 is 4.42 Å². The molecule has 2 aliphatic rings. The molecule has 0 bridgehead atoms. The number of nitrogens with zero attached hydrogens (tertiary/aromatic N) is 1. The fourth-order valence-electron chi connectivity index (χ4n) is 8.48. The Balaban J connectivity index is 1.14. The number of furan rings is 1. The number of benzene rings is 8. The molecular formula is C47H29NO. The van der Waals surface area contributed by atoms with E-state index in [1.807, 2.05) is 6.07 Å². The third-order valence-electron chi connectivity index (χ3n) is 10.7. The first kappa shape index (κ1) is 26.8. The summed E-state index contributed by atoms with van der Waals surface area (Å²) in [5.74, 6) is 0. The van der Waals surface area contributed by atoms with Gasteiger partial charge >= 0.3 is 0 Å². The summed E-state index contributed by atoms with van der Waals surface area (Å²) in [5.41, 5.74) is 14.0. The fourth-order valence-corrected chi connectivity index (χ4v) is 8.48. The van der Waals surface area contributed by atoms with Gasteiger partial charge in [0.1, 0.15) is 11.2 Å². The van der Waals surface area contributed by atoms with Crippen LogP contribution in [0.2, 0.25) is 0 Å². The van der Waals surface area contributed by atoms with Crippen LogP contribution in [0.5, 0.6) is 0 Å². The van der Waals surface area contributed by atoms with Crippen molar-refractivity contribution in [1.29, 1.82) is 0 Å². The lowest BCUT2D eigenvalue weighted by Crippen LogP contribution is -2.01. The normalized spacial score (nSPS) is 15.3. The van der Waals surface area contributed by atoms with Crippen LogP contribution in [0.4, 0.5) is 5.69 Å². The molecule has 0 radical (unpaired) electrons. The number of fused-ring (bicyclic) bond motifs is 12. The maximum absolute atomic E-state index is 6.42. The predicted octanol–water partition coefficient (Wildman–Crippen LogP) is 13.3. The summed E-state index contributed by atoms with van der Waals surface area (Å²) in [5, 5.41) is 9.91. The van der Waals surface area contributed by atoms with E-state index in [-0.39, 0.29) is 0 Å². The minimum Gasteiger partial charge on any atom is -0.456 e. The first-order valence-electron chi connectivity index (χ1n) is 17.1. The molecule has 2 nitrogen and oxygen atoms in total. The molecule has 49 heavy (non-hydrogen) atoms. The molecule has 0 N–H and O–H groups in total. The molecule has 8 aromatic carbocycles. The van der Waals surface area contributed by atoms with Gasteiger partial charge in [0, 0.05) is 22.0 Å². The molecule has 0 atom stereocenters. The van der Waals surface area contributed by atoms with Crippen molar-refractivity contribution in [2.24, 2.45) is 4.99 Å². The molecule has 0 unspecified atom stereocenters. The van der Waals surface area contributed by atoms with Gasteiger partial charge in [0.15, 0.2) is 0 Å². The number of allylic oxidation sites excluding steroid dienone is 1. The predicted molar refractivity (Wildman–Crippen MR) is 207 cm³/mol. The van der Waals surface area contributed by atoms with Gasteiger partial charge in [0.25, 0.3) is 0 Å². The third-order valence-corrected chi connectivity index (χ3v) is 10.7. The Bertz CT molecular complexity index is 2920. The molecule has 0 fully saturated rings. The van der Waals surface area contributed by atoms with Gasteiger partial charge in [0.05, 0.1) is 5.69 Å². The molecule has 1 aliphatic carbocycles. The zero-order valence-corrected chi connectivity index (χ0v) is 26.7. The van der Waals surface area contributed by atoms with Gasteiger partial charge in [-0.1, -0.05) is 127 Å². The van der Waals surface area contributed by atoms with E-state index in [4.69, 9.17) is 9.41 Å². The Labute approximate surface area is 283 Å². The quantitative estimate of drug-likeness (QED) is 0.176. The molecule has 0 saturated carbocycles. The minimum absolute atomic E-state index is 0.924. The van der Waals surface area contributed by atoms with Gasteiger partial charge in [-0.3, -0.25) is 4.99 Å². The van der Waals surface area contributed by atoms with E-state index < -0.39 is 0 Å². The monoisotopic (exact) mass is 623 g/mol. The van der Waals surface area contributed by atoms with Gasteiger partial charge in [0.2, 0.25) is 0 Å². The second-order valence-corrected chi connectivity index (χ2v) is 13.3. The summed E-state index contributed by atoms with van der Waals surface area (Å²) in [4.78, 5) is 5.29. The average Bonchev–Trinajstić information content (AvgIpc) is 3.68. The highest BCUT2D eigenvalue weighted by Crippen LogP contribution is 2.54. The van der Waals surface area contributed by atoms with E-state index in [0.717, 1.165) is 35.4 Å². The molecule has 11 rings (SSSR count). The summed E-state index contributed by atoms with van der Waals surface area (Å²) in [6.07, 6.45) is 6.50. The highest BCUT2D eigenvalue weighted by atomic mass is 16.3. The standard InChI is InChI=1S/C47H29NO/c1-2-10-29(11-3-1)40-18-6-4-12-34-41(48-40)25-24-30-22-20-28-21-23-31(26-38(28)44(30)34)32-14-8-15-33-39-27-43-47(35-13-5-7-19-42(35)49-43)37-17-9-16-36(45(32)33)46(37)39/h1-5,7-17,19-27H,6,18H2/b12-4+,48-40+. The van der Waals surface area contributed by atoms with E-state index in [9.17, 15) is 0 Å². The van der Waals surface area contributed by atoms with Crippen molar-refractivity contribution >= 4 is 71.7 Å². The highest BCUT2D eigenvalue weighted by Gasteiger charge is 2.27. The van der Waals surface area contributed by atoms with Crippen LogP contribution < -0.4 is 0 Å². The van der Waals surface area contributed by atoms with Gasteiger partial charge in [-0.15, -0.1) is 0 Å². The molecular weight excluding hydrogens is 595 g/mol. The SMILES string of the molecule is C1=C/c2c(ccc3ccc4ccc(-c5cccc6c5-c5cccc7c5c-6cc5oc6ccccc6c57)cc4c23)/N=C(/c2ccccc2)CC/1. The smallest absolute Gasteiger partial charge is 0.136 e. The van der Waals surface area contributed by atoms with Crippen molar-refractivity contribution in [1.82, 2.24) is 0 Å². The number of hydrogen-bond donors (Lipinski definition) is 0. The molecule has 1 aliphatic heterocycles. The topological polar surface area (TPSA) is 25.5 Å². The third kappa shape index (κ3) is 3.86. The Morgan fingerprint density at radius 3 is 2.22 bits per heavy atom. The maximum atomic E-state index is 6.42. The molecule has 1 aromatic heterocycles. The van der Waals surface area contributed by atoms with Crippen molar-refractivity contribution in [2.75, 3.05) is 0 Å². The molecule has 9 aromatic rings. The van der Waals surface area contributed by atoms with E-state index in [2.05, 4.69) is 146 Å². The Morgan fingerprint density at radius 1 is 0.490 bits per heavy atom. The van der Waals surface area contributed by atoms with Gasteiger partial charge in [-0.2, -0.15) is 0 Å². The van der Waals surface area contributed by atoms with Gasteiger partial charge < -0.3 is 4.42 Å². The minimum atomic E-state index is 0.924. The summed E-state index contributed by atoms with van der Waals surface area (Å²) < 4.78 is 6.42. The van der Waals surface area contributed by atoms with Crippen LogP contribution in [0, 0.1) is 0 Å². The number of para-hydroxylation sites is 1. The van der Waals surface area contributed by atoms with Crippen molar-refractivity contribution in [3.63, 3.8) is 0 Å². The highest BCUT2D eigenvalue weighted by molar-refractivity contribution is 6.29. The maximum Gasteiger partial charge on any atom is 0.136 e. The Morgan fingerprint density at radius 2 is 1.27 bits per heavy atom. The zero-order valence-electron chi connectivity index (χ0n) is 26.7. The lowest BCUT2D eigenvalue weighted by molar-refractivity contribution is 0.669. The van der Waals surface area contributed by atoms with E-state index in [1.54, 1.807) is 0 Å². The second kappa shape index (κ2) is 10.1. The van der Waals surface area contributed by atoms with Gasteiger partial charge in [-0.05, 0) is 108 Å². The van der Waals surface area contributed by atoms with Crippen LogP contribution in [0.25, 0.3) is 93.7 Å². The van der Waals surface area contributed by atoms with Crippen LogP contribution in [0.15, 0.2) is 155 Å². The first-order valence-corrected chi connectivity index (χ1v) is 17.1. The molecule has 0 saturated heterocycles. The van der Waals surface area contributed by atoms with Crippen LogP contribution in [-0.4, -0.2) is 5.71 Å². The zero-order chi connectivity index (χ0) is 32.1. The largest absolute Gasteiger partial charge is 0.456 e. The second-order valence-electron chi connectivity index (χ2n) is 13.3. The van der Waals surface area contributed by atoms with E-state index >= 15 is 0 Å². The van der Waals surface area contributed by atoms with E-state index in [1.165, 1.54) is 87.6 Å². The van der Waals surface area contributed by atoms with E-state index in [0.29, 0.717) is 0 Å². The molecule has 228 valence electrons. The van der Waals surface area contributed by atoms with Crippen molar-refractivity contribution in [3.05, 3.63) is 157 Å². The summed E-state index contributed by atoms with van der Waals surface area (Å²) >= 11 is 0. The lowest BCUT2D eigenvalue weighted by Gasteiger charge is -2.16. The lowest BCUT2D eigenvalue weighted by atomic mass is 9.90. The first-order chi connectivity index (χ1) is 24.3. The number of hydrogen-bond acceptors (Lipinski definition) is 2. The van der Waals surface area contributed by atoms with Crippen LogP contribution in [-0.2, 0) is 0 Å². The number of rotatable bonds is 2. The molecule has 2 heteroatoms. The van der Waals surface area contributed by atoms with Crippen LogP contribution in [0.3, 0.4) is 0 Å². The molecule has 2 heterocycles. The fraction of sp³-hybridized carbons (Fsp3) is 0.0426. The average molecular weight is 624 g/mol. The summed E-state index contributed by atoms with van der Waals surface area (Å²) in [6, 6.07) is 50.7. The van der Waals surface area contributed by atoms with Gasteiger partial charge in [-0.25, -0.2) is 0 Å². The number of aliphatic imine (C=N–C) groups is 1. The van der Waals surface area contributed by atoms with Crippen LogP contribution in [0.1, 0.15) is 24.0 Å². The van der Waals surface area contributed by atoms with Crippen LogP contribution >= 0.6 is 0 Å².